The van der Waals surface area contributed by atoms with Crippen LogP contribution >= 0.6 is 23.1 Å². The number of nitrogens with zero attached hydrogens (tertiary/aromatic N) is 4. The zero-order valence-electron chi connectivity index (χ0n) is 15.4. The summed E-state index contributed by atoms with van der Waals surface area (Å²) in [4.78, 5) is 17.1. The molecule has 2 aromatic carbocycles. The molecule has 0 saturated heterocycles. The van der Waals surface area contributed by atoms with Gasteiger partial charge in [-0.25, -0.2) is 4.98 Å². The van der Waals surface area contributed by atoms with E-state index in [0.717, 1.165) is 39.4 Å². The van der Waals surface area contributed by atoms with E-state index >= 15 is 0 Å². The van der Waals surface area contributed by atoms with Gasteiger partial charge in [0.05, 0.1) is 11.0 Å². The van der Waals surface area contributed by atoms with Gasteiger partial charge in [0.25, 0.3) is 0 Å². The number of rotatable bonds is 5. The number of hydrogen-bond donors (Lipinski definition) is 1. The van der Waals surface area contributed by atoms with Crippen molar-refractivity contribution in [1.29, 1.82) is 0 Å². The Morgan fingerprint density at radius 1 is 1.25 bits per heavy atom. The number of carbonyl (C=O) groups excluding carboxylic acids is 1. The Hall–Kier alpha value is -2.77. The highest BCUT2D eigenvalue weighted by Crippen LogP contribution is 2.25. The fourth-order valence-corrected chi connectivity index (χ4v) is 3.72. The molecule has 0 atom stereocenters. The summed E-state index contributed by atoms with van der Waals surface area (Å²) >= 11 is 7.34. The molecule has 0 aliphatic heterocycles. The van der Waals surface area contributed by atoms with Gasteiger partial charge in [-0.3, -0.25) is 4.79 Å². The highest BCUT2D eigenvalue weighted by atomic mass is 35.5. The SMILES string of the molecule is Cc1ccc(-c2csnn2)cc1NC(=O)CCc1nc2cc(Cl)ccc2n1C. The summed E-state index contributed by atoms with van der Waals surface area (Å²) in [5.41, 5.74) is 5.36. The molecule has 0 saturated carbocycles. The van der Waals surface area contributed by atoms with Crippen molar-refractivity contribution in [2.75, 3.05) is 5.32 Å². The number of nitrogens with one attached hydrogen (secondary N) is 1. The van der Waals surface area contributed by atoms with Gasteiger partial charge in [-0.05, 0) is 48.3 Å². The van der Waals surface area contributed by atoms with Crippen molar-refractivity contribution in [3.63, 3.8) is 0 Å². The molecule has 4 aromatic rings. The van der Waals surface area contributed by atoms with Crippen LogP contribution in [-0.4, -0.2) is 25.0 Å². The normalized spacial score (nSPS) is 11.1. The number of benzene rings is 2. The molecule has 0 unspecified atom stereocenters. The van der Waals surface area contributed by atoms with Crippen molar-refractivity contribution in [2.24, 2.45) is 7.05 Å². The first-order valence-corrected chi connectivity index (χ1v) is 10.0. The molecular weight excluding hydrogens is 394 g/mol. The zero-order valence-corrected chi connectivity index (χ0v) is 17.0. The second kappa shape index (κ2) is 7.69. The number of amides is 1. The van der Waals surface area contributed by atoms with Crippen LogP contribution in [0, 0.1) is 6.92 Å². The van der Waals surface area contributed by atoms with Crippen molar-refractivity contribution in [1.82, 2.24) is 19.1 Å². The van der Waals surface area contributed by atoms with Gasteiger partial charge >= 0.3 is 0 Å². The third-order valence-corrected chi connectivity index (χ3v) is 5.42. The number of halogens is 1. The molecule has 0 radical (unpaired) electrons. The van der Waals surface area contributed by atoms with E-state index in [1.807, 2.05) is 60.3 Å². The van der Waals surface area contributed by atoms with Gasteiger partial charge in [0.1, 0.15) is 11.5 Å². The minimum Gasteiger partial charge on any atom is -0.331 e. The first kappa shape index (κ1) is 18.6. The first-order chi connectivity index (χ1) is 13.5. The molecule has 28 heavy (non-hydrogen) atoms. The topological polar surface area (TPSA) is 72.7 Å². The van der Waals surface area contributed by atoms with Crippen LogP contribution in [-0.2, 0) is 18.3 Å². The molecule has 0 fully saturated rings. The highest BCUT2D eigenvalue weighted by Gasteiger charge is 2.12. The van der Waals surface area contributed by atoms with E-state index < -0.39 is 0 Å². The number of aryl methyl sites for hydroxylation is 3. The monoisotopic (exact) mass is 411 g/mol. The smallest absolute Gasteiger partial charge is 0.224 e. The van der Waals surface area contributed by atoms with Gasteiger partial charge in [0, 0.05) is 41.5 Å². The average molecular weight is 412 g/mol. The van der Waals surface area contributed by atoms with E-state index in [4.69, 9.17) is 11.6 Å². The van der Waals surface area contributed by atoms with Crippen molar-refractivity contribution >= 4 is 45.8 Å². The highest BCUT2D eigenvalue weighted by molar-refractivity contribution is 7.03. The Labute approximate surface area is 171 Å². The Kier molecular flexibility index (Phi) is 5.11. The summed E-state index contributed by atoms with van der Waals surface area (Å²) < 4.78 is 5.89. The number of carbonyl (C=O) groups is 1. The van der Waals surface area contributed by atoms with E-state index in [-0.39, 0.29) is 5.91 Å². The van der Waals surface area contributed by atoms with Crippen LogP contribution in [0.4, 0.5) is 5.69 Å². The van der Waals surface area contributed by atoms with Crippen molar-refractivity contribution in [3.05, 3.63) is 58.2 Å². The molecule has 0 spiro atoms. The first-order valence-electron chi connectivity index (χ1n) is 8.80. The summed E-state index contributed by atoms with van der Waals surface area (Å²) in [5.74, 6) is 0.799. The number of fused-ring (bicyclic) bond motifs is 1. The van der Waals surface area contributed by atoms with Gasteiger partial charge in [0.2, 0.25) is 5.91 Å². The van der Waals surface area contributed by atoms with Crippen LogP contribution in [0.1, 0.15) is 17.8 Å². The Balaban J connectivity index is 1.47. The van der Waals surface area contributed by atoms with Crippen LogP contribution in [0.25, 0.3) is 22.3 Å². The van der Waals surface area contributed by atoms with E-state index in [0.29, 0.717) is 17.9 Å². The second-order valence-electron chi connectivity index (χ2n) is 6.59. The largest absolute Gasteiger partial charge is 0.331 e. The fourth-order valence-electron chi connectivity index (χ4n) is 3.09. The maximum absolute atomic E-state index is 12.5. The molecule has 0 aliphatic carbocycles. The van der Waals surface area contributed by atoms with E-state index in [1.165, 1.54) is 11.5 Å². The molecule has 2 aromatic heterocycles. The lowest BCUT2D eigenvalue weighted by Gasteiger charge is -2.10. The molecule has 4 rings (SSSR count). The molecule has 0 aliphatic rings. The van der Waals surface area contributed by atoms with Gasteiger partial charge in [-0.1, -0.05) is 28.2 Å². The van der Waals surface area contributed by atoms with Gasteiger partial charge < -0.3 is 9.88 Å². The van der Waals surface area contributed by atoms with Crippen LogP contribution in [0.3, 0.4) is 0 Å². The maximum atomic E-state index is 12.5. The fraction of sp³-hybridized carbons (Fsp3) is 0.200. The minimum atomic E-state index is -0.0539. The summed E-state index contributed by atoms with van der Waals surface area (Å²) in [5, 5.41) is 9.62. The third-order valence-electron chi connectivity index (χ3n) is 4.68. The standard InChI is InChI=1S/C20H18ClN5OS/c1-12-3-4-13(17-11-28-25-24-17)9-15(12)23-20(27)8-7-19-22-16-10-14(21)5-6-18(16)26(19)2/h3-6,9-11H,7-8H2,1-2H3,(H,23,27). The Bertz CT molecular complexity index is 1150. The number of hydrogen-bond acceptors (Lipinski definition) is 5. The predicted molar refractivity (Wildman–Crippen MR) is 113 cm³/mol. The summed E-state index contributed by atoms with van der Waals surface area (Å²) in [6.45, 7) is 1.97. The van der Waals surface area contributed by atoms with E-state index in [2.05, 4.69) is 19.9 Å². The van der Waals surface area contributed by atoms with Crippen LogP contribution in [0.5, 0.6) is 0 Å². The van der Waals surface area contributed by atoms with Gasteiger partial charge in [-0.15, -0.1) is 5.10 Å². The molecule has 2 heterocycles. The van der Waals surface area contributed by atoms with E-state index in [1.54, 1.807) is 0 Å². The van der Waals surface area contributed by atoms with Crippen molar-refractivity contribution in [3.8, 4) is 11.3 Å². The van der Waals surface area contributed by atoms with Crippen molar-refractivity contribution in [2.45, 2.75) is 19.8 Å². The number of anilines is 1. The van der Waals surface area contributed by atoms with Crippen LogP contribution < -0.4 is 5.32 Å². The summed E-state index contributed by atoms with van der Waals surface area (Å²) in [7, 11) is 1.95. The Morgan fingerprint density at radius 3 is 2.89 bits per heavy atom. The van der Waals surface area contributed by atoms with Gasteiger partial charge in [0.15, 0.2) is 0 Å². The summed E-state index contributed by atoms with van der Waals surface area (Å²) in [6.07, 6.45) is 0.885. The third kappa shape index (κ3) is 3.76. The molecule has 1 N–H and O–H groups in total. The maximum Gasteiger partial charge on any atom is 0.224 e. The molecular formula is C20H18ClN5OS. The second-order valence-corrected chi connectivity index (χ2v) is 7.63. The zero-order chi connectivity index (χ0) is 19.7. The summed E-state index contributed by atoms with van der Waals surface area (Å²) in [6, 6.07) is 11.5. The average Bonchev–Trinajstić information content (AvgIpc) is 3.30. The Morgan fingerprint density at radius 2 is 2.11 bits per heavy atom. The molecule has 142 valence electrons. The van der Waals surface area contributed by atoms with Crippen LogP contribution in [0.2, 0.25) is 5.02 Å². The molecule has 0 bridgehead atoms. The lowest BCUT2D eigenvalue weighted by atomic mass is 10.1. The van der Waals surface area contributed by atoms with E-state index in [9.17, 15) is 4.79 Å². The quantitative estimate of drug-likeness (QED) is 0.519. The number of aromatic nitrogens is 4. The van der Waals surface area contributed by atoms with Gasteiger partial charge in [-0.2, -0.15) is 0 Å². The lowest BCUT2D eigenvalue weighted by molar-refractivity contribution is -0.116. The van der Waals surface area contributed by atoms with Crippen molar-refractivity contribution < 1.29 is 4.79 Å². The predicted octanol–water partition coefficient (Wildman–Crippen LogP) is 4.62. The molecule has 8 heteroatoms. The lowest BCUT2D eigenvalue weighted by Crippen LogP contribution is -2.14. The van der Waals surface area contributed by atoms with Crippen LogP contribution in [0.15, 0.2) is 41.8 Å². The molecule has 6 nitrogen and oxygen atoms in total. The number of imidazole rings is 1. The molecule has 1 amide bonds. The minimum absolute atomic E-state index is 0.0539.